The van der Waals surface area contributed by atoms with Crippen molar-refractivity contribution in [3.8, 4) is 0 Å². The quantitative estimate of drug-likeness (QED) is 0.832. The molecule has 28 heavy (non-hydrogen) atoms. The van der Waals surface area contributed by atoms with Crippen LogP contribution in [-0.2, 0) is 6.54 Å². The number of carbonyl (C=O) groups excluding carboxylic acids is 2. The van der Waals surface area contributed by atoms with Crippen molar-refractivity contribution in [3.05, 3.63) is 48.3 Å². The zero-order valence-corrected chi connectivity index (χ0v) is 16.7. The zero-order valence-electron chi connectivity index (χ0n) is 16.7. The molecule has 1 aromatic carbocycles. The number of rotatable bonds is 6. The molecule has 1 atom stereocenters. The van der Waals surface area contributed by atoms with E-state index in [0.29, 0.717) is 36.8 Å². The Morgan fingerprint density at radius 1 is 1.29 bits per heavy atom. The fraction of sp³-hybridized carbons (Fsp3) is 0.476. The summed E-state index contributed by atoms with van der Waals surface area (Å²) in [5, 5.41) is 7.07. The zero-order chi connectivity index (χ0) is 19.9. The van der Waals surface area contributed by atoms with Gasteiger partial charge in [0.05, 0.1) is 6.54 Å². The summed E-state index contributed by atoms with van der Waals surface area (Å²) in [5.41, 5.74) is 1.35. The van der Waals surface area contributed by atoms with E-state index in [2.05, 4.69) is 17.3 Å². The van der Waals surface area contributed by atoms with E-state index in [1.165, 1.54) is 6.42 Å². The molecule has 0 unspecified atom stereocenters. The van der Waals surface area contributed by atoms with E-state index >= 15 is 0 Å². The van der Waals surface area contributed by atoms with Crippen molar-refractivity contribution in [2.75, 3.05) is 31.5 Å². The Hall–Kier alpha value is -2.83. The molecule has 0 spiro atoms. The molecular weight excluding hydrogens is 354 g/mol. The molecule has 7 nitrogen and oxygen atoms in total. The Balaban J connectivity index is 1.55. The number of anilines is 1. The fourth-order valence-electron chi connectivity index (χ4n) is 3.51. The molecule has 1 aliphatic heterocycles. The summed E-state index contributed by atoms with van der Waals surface area (Å²) in [6.45, 7) is 7.61. The average molecular weight is 383 g/mol. The molecular formula is C21H29N5O2. The van der Waals surface area contributed by atoms with Gasteiger partial charge in [0.2, 0.25) is 0 Å². The number of hydrogen-bond donors (Lipinski definition) is 1. The number of urea groups is 1. The first-order chi connectivity index (χ1) is 13.6. The van der Waals surface area contributed by atoms with E-state index in [1.54, 1.807) is 40.0 Å². The van der Waals surface area contributed by atoms with Crippen molar-refractivity contribution >= 4 is 17.6 Å². The van der Waals surface area contributed by atoms with Gasteiger partial charge in [-0.3, -0.25) is 9.48 Å². The fourth-order valence-corrected chi connectivity index (χ4v) is 3.51. The molecule has 1 fully saturated rings. The average Bonchev–Trinajstić information content (AvgIpc) is 3.22. The summed E-state index contributed by atoms with van der Waals surface area (Å²) >= 11 is 0. The summed E-state index contributed by atoms with van der Waals surface area (Å²) in [7, 11) is 0. The molecule has 7 heteroatoms. The van der Waals surface area contributed by atoms with E-state index < -0.39 is 0 Å². The SMILES string of the molecule is CCN(CCn1cccn1)C(=O)Nc1ccc(C(=O)N2CCC[C@@H](C)C2)cc1. The Kier molecular flexibility index (Phi) is 6.68. The molecule has 0 aliphatic carbocycles. The maximum absolute atomic E-state index is 12.7. The van der Waals surface area contributed by atoms with Crippen LogP contribution < -0.4 is 5.32 Å². The van der Waals surface area contributed by atoms with Gasteiger partial charge in [0, 0.05) is 49.8 Å². The lowest BCUT2D eigenvalue weighted by atomic mass is 9.99. The van der Waals surface area contributed by atoms with Crippen molar-refractivity contribution in [3.63, 3.8) is 0 Å². The highest BCUT2D eigenvalue weighted by molar-refractivity contribution is 5.95. The second-order valence-corrected chi connectivity index (χ2v) is 7.35. The van der Waals surface area contributed by atoms with E-state index in [4.69, 9.17) is 0 Å². The lowest BCUT2D eigenvalue weighted by Gasteiger charge is -2.31. The molecule has 1 saturated heterocycles. The molecule has 1 aromatic heterocycles. The van der Waals surface area contributed by atoms with Crippen LogP contribution in [0.25, 0.3) is 0 Å². The highest BCUT2D eigenvalue weighted by Crippen LogP contribution is 2.19. The van der Waals surface area contributed by atoms with E-state index in [0.717, 1.165) is 19.5 Å². The molecule has 3 amide bonds. The monoisotopic (exact) mass is 383 g/mol. The smallest absolute Gasteiger partial charge is 0.321 e. The minimum atomic E-state index is -0.154. The van der Waals surface area contributed by atoms with Crippen LogP contribution in [0.1, 0.15) is 37.0 Å². The normalized spacial score (nSPS) is 16.6. The number of likely N-dealkylation sites (tertiary alicyclic amines) is 1. The molecule has 2 heterocycles. The van der Waals surface area contributed by atoms with Crippen LogP contribution in [0.5, 0.6) is 0 Å². The number of piperidine rings is 1. The molecule has 1 aliphatic rings. The van der Waals surface area contributed by atoms with Gasteiger partial charge in [-0.2, -0.15) is 5.10 Å². The molecule has 1 N–H and O–H groups in total. The number of amides is 3. The standard InChI is InChI=1S/C21H29N5O2/c1-3-24(14-15-26-13-5-11-22-26)21(28)23-19-9-7-18(8-10-19)20(27)25-12-4-6-17(2)16-25/h5,7-11,13,17H,3-4,6,12,14-16H2,1-2H3,(H,23,28)/t17-/m1/s1. The van der Waals surface area contributed by atoms with Crippen molar-refractivity contribution in [1.82, 2.24) is 19.6 Å². The predicted octanol–water partition coefficient (Wildman–Crippen LogP) is 3.31. The number of nitrogens with zero attached hydrogens (tertiary/aromatic N) is 4. The second-order valence-electron chi connectivity index (χ2n) is 7.35. The summed E-state index contributed by atoms with van der Waals surface area (Å²) < 4.78 is 1.80. The van der Waals surface area contributed by atoms with Crippen LogP contribution >= 0.6 is 0 Å². The number of aromatic nitrogens is 2. The van der Waals surface area contributed by atoms with Crippen molar-refractivity contribution < 1.29 is 9.59 Å². The van der Waals surface area contributed by atoms with Gasteiger partial charge in [0.1, 0.15) is 0 Å². The minimum Gasteiger partial charge on any atom is -0.338 e. The van der Waals surface area contributed by atoms with Gasteiger partial charge in [0.15, 0.2) is 0 Å². The van der Waals surface area contributed by atoms with Gasteiger partial charge in [-0.15, -0.1) is 0 Å². The Morgan fingerprint density at radius 3 is 2.71 bits per heavy atom. The van der Waals surface area contributed by atoms with Gasteiger partial charge in [-0.1, -0.05) is 6.92 Å². The lowest BCUT2D eigenvalue weighted by Crippen LogP contribution is -2.39. The number of likely N-dealkylation sites (N-methyl/N-ethyl adjacent to an activating group) is 1. The lowest BCUT2D eigenvalue weighted by molar-refractivity contribution is 0.0683. The second kappa shape index (κ2) is 9.39. The van der Waals surface area contributed by atoms with Gasteiger partial charge >= 0.3 is 6.03 Å². The first-order valence-electron chi connectivity index (χ1n) is 9.99. The maximum Gasteiger partial charge on any atom is 0.321 e. The van der Waals surface area contributed by atoms with Crippen molar-refractivity contribution in [2.24, 2.45) is 5.92 Å². The Labute approximate surface area is 166 Å². The van der Waals surface area contributed by atoms with Gasteiger partial charge in [0.25, 0.3) is 5.91 Å². The molecule has 0 bridgehead atoms. The van der Waals surface area contributed by atoms with Crippen LogP contribution in [0.15, 0.2) is 42.7 Å². The van der Waals surface area contributed by atoms with E-state index in [9.17, 15) is 9.59 Å². The number of carbonyl (C=O) groups is 2. The van der Waals surface area contributed by atoms with Gasteiger partial charge < -0.3 is 15.1 Å². The van der Waals surface area contributed by atoms with E-state index in [1.807, 2.05) is 24.1 Å². The topological polar surface area (TPSA) is 70.5 Å². The summed E-state index contributed by atoms with van der Waals surface area (Å²) in [6.07, 6.45) is 5.85. The number of nitrogens with one attached hydrogen (secondary N) is 1. The molecule has 150 valence electrons. The van der Waals surface area contributed by atoms with Crippen LogP contribution in [0.2, 0.25) is 0 Å². The maximum atomic E-state index is 12.7. The highest BCUT2D eigenvalue weighted by atomic mass is 16.2. The van der Waals surface area contributed by atoms with Crippen molar-refractivity contribution in [1.29, 1.82) is 0 Å². The Morgan fingerprint density at radius 2 is 2.07 bits per heavy atom. The summed E-state index contributed by atoms with van der Waals surface area (Å²) in [4.78, 5) is 28.8. The van der Waals surface area contributed by atoms with Crippen LogP contribution in [0.4, 0.5) is 10.5 Å². The number of benzene rings is 1. The van der Waals surface area contributed by atoms with Crippen LogP contribution in [0, 0.1) is 5.92 Å². The summed E-state index contributed by atoms with van der Waals surface area (Å²) in [5.74, 6) is 0.622. The highest BCUT2D eigenvalue weighted by Gasteiger charge is 2.22. The largest absolute Gasteiger partial charge is 0.338 e. The first kappa shape index (κ1) is 19.9. The third kappa shape index (κ3) is 5.12. The number of hydrogen-bond acceptors (Lipinski definition) is 3. The molecule has 0 radical (unpaired) electrons. The van der Waals surface area contributed by atoms with Gasteiger partial charge in [-0.25, -0.2) is 4.79 Å². The van der Waals surface area contributed by atoms with Crippen molar-refractivity contribution in [2.45, 2.75) is 33.2 Å². The summed E-state index contributed by atoms with van der Waals surface area (Å²) in [6, 6.07) is 8.87. The molecule has 3 rings (SSSR count). The first-order valence-corrected chi connectivity index (χ1v) is 9.99. The molecule has 2 aromatic rings. The molecule has 0 saturated carbocycles. The minimum absolute atomic E-state index is 0.0684. The van der Waals surface area contributed by atoms with E-state index in [-0.39, 0.29) is 11.9 Å². The third-order valence-electron chi connectivity index (χ3n) is 5.15. The van der Waals surface area contributed by atoms with Crippen LogP contribution in [0.3, 0.4) is 0 Å². The van der Waals surface area contributed by atoms with Crippen LogP contribution in [-0.4, -0.2) is 57.7 Å². The Bertz CT molecular complexity index is 773. The third-order valence-corrected chi connectivity index (χ3v) is 5.15. The van der Waals surface area contributed by atoms with Gasteiger partial charge in [-0.05, 0) is 56.0 Å². The predicted molar refractivity (Wildman–Crippen MR) is 109 cm³/mol.